The summed E-state index contributed by atoms with van der Waals surface area (Å²) >= 11 is 0. The summed E-state index contributed by atoms with van der Waals surface area (Å²) in [6, 6.07) is 8.32. The summed E-state index contributed by atoms with van der Waals surface area (Å²) in [6.07, 6.45) is 7.59. The minimum absolute atomic E-state index is 0.635. The maximum atomic E-state index is 4.79. The second-order valence-electron chi connectivity index (χ2n) is 6.64. The van der Waals surface area contributed by atoms with E-state index in [0.29, 0.717) is 5.92 Å². The van der Waals surface area contributed by atoms with E-state index in [1.54, 1.807) is 0 Å². The monoisotopic (exact) mass is 305 g/mol. The Morgan fingerprint density at radius 2 is 2.17 bits per heavy atom. The van der Waals surface area contributed by atoms with Crippen molar-refractivity contribution in [3.05, 3.63) is 59.4 Å². The Morgan fingerprint density at radius 1 is 1.22 bits per heavy atom. The van der Waals surface area contributed by atoms with E-state index in [1.807, 2.05) is 29.0 Å². The fourth-order valence-corrected chi connectivity index (χ4v) is 3.36. The van der Waals surface area contributed by atoms with Gasteiger partial charge in [-0.3, -0.25) is 4.90 Å². The van der Waals surface area contributed by atoms with Gasteiger partial charge in [0.1, 0.15) is 5.82 Å². The molecular weight excluding hydrogens is 286 g/mol. The molecule has 5 nitrogen and oxygen atoms in total. The van der Waals surface area contributed by atoms with Crippen LogP contribution in [0.1, 0.15) is 41.5 Å². The fraction of sp³-hybridized carbons (Fsp3) is 0.389. The number of hydrogen-bond acceptors (Lipinski definition) is 4. The molecule has 2 aliphatic rings. The second-order valence-corrected chi connectivity index (χ2v) is 6.64. The first-order chi connectivity index (χ1) is 11.3. The number of hydrogen-bond donors (Lipinski definition) is 0. The van der Waals surface area contributed by atoms with Crippen molar-refractivity contribution in [2.45, 2.75) is 38.3 Å². The van der Waals surface area contributed by atoms with Gasteiger partial charge >= 0.3 is 0 Å². The number of pyridine rings is 1. The summed E-state index contributed by atoms with van der Waals surface area (Å²) in [5.74, 6) is 1.70. The Kier molecular flexibility index (Phi) is 2.94. The zero-order chi connectivity index (χ0) is 15.2. The van der Waals surface area contributed by atoms with E-state index in [4.69, 9.17) is 4.98 Å². The van der Waals surface area contributed by atoms with Gasteiger partial charge in [-0.15, -0.1) is 0 Å². The highest BCUT2D eigenvalue weighted by Gasteiger charge is 2.28. The van der Waals surface area contributed by atoms with Gasteiger partial charge in [0.15, 0.2) is 0 Å². The molecule has 5 rings (SSSR count). The van der Waals surface area contributed by atoms with Crippen LogP contribution in [0.25, 0.3) is 5.52 Å². The molecule has 0 spiro atoms. The van der Waals surface area contributed by atoms with Gasteiger partial charge in [-0.2, -0.15) is 5.10 Å². The Labute approximate surface area is 135 Å². The maximum Gasteiger partial charge on any atom is 0.131 e. The molecule has 1 aliphatic heterocycles. The molecule has 3 aromatic rings. The van der Waals surface area contributed by atoms with E-state index >= 15 is 0 Å². The van der Waals surface area contributed by atoms with Crippen LogP contribution in [0.3, 0.4) is 0 Å². The average molecular weight is 305 g/mol. The van der Waals surface area contributed by atoms with Crippen molar-refractivity contribution in [1.29, 1.82) is 0 Å². The zero-order valence-corrected chi connectivity index (χ0v) is 13.0. The summed E-state index contributed by atoms with van der Waals surface area (Å²) in [4.78, 5) is 11.8. The topological polar surface area (TPSA) is 46.3 Å². The van der Waals surface area contributed by atoms with Gasteiger partial charge in [0, 0.05) is 55.6 Å². The third-order valence-electron chi connectivity index (χ3n) is 4.78. The molecular formula is C18H19N5. The predicted molar refractivity (Wildman–Crippen MR) is 87.0 cm³/mol. The second kappa shape index (κ2) is 5.13. The van der Waals surface area contributed by atoms with Crippen LogP contribution in [0.5, 0.6) is 0 Å². The van der Waals surface area contributed by atoms with E-state index in [9.17, 15) is 0 Å². The molecule has 3 aromatic heterocycles. The van der Waals surface area contributed by atoms with E-state index in [-0.39, 0.29) is 0 Å². The average Bonchev–Trinajstić information content (AvgIpc) is 3.34. The van der Waals surface area contributed by atoms with Crippen molar-refractivity contribution >= 4 is 5.52 Å². The van der Waals surface area contributed by atoms with Crippen LogP contribution < -0.4 is 0 Å². The molecule has 116 valence electrons. The molecule has 4 heterocycles. The molecule has 0 amide bonds. The van der Waals surface area contributed by atoms with E-state index < -0.39 is 0 Å². The molecule has 5 heteroatoms. The van der Waals surface area contributed by atoms with E-state index in [2.05, 4.69) is 27.1 Å². The van der Waals surface area contributed by atoms with Gasteiger partial charge in [-0.05, 0) is 31.0 Å². The molecule has 0 aromatic carbocycles. The van der Waals surface area contributed by atoms with Gasteiger partial charge in [0.2, 0.25) is 0 Å². The highest BCUT2D eigenvalue weighted by molar-refractivity contribution is 5.46. The van der Waals surface area contributed by atoms with Gasteiger partial charge in [0.25, 0.3) is 0 Å². The van der Waals surface area contributed by atoms with Crippen molar-refractivity contribution in [2.75, 3.05) is 6.54 Å². The smallest absolute Gasteiger partial charge is 0.131 e. The standard InChI is InChI=1S/C18H19N5/c1-2-7-23-16(3-1)9-15(21-23)12-22-8-6-17-14(11-22)10-19-18(20-17)13-4-5-13/h1-3,7,9-10,13H,4-6,8,11-12H2. The van der Waals surface area contributed by atoms with Crippen molar-refractivity contribution < 1.29 is 0 Å². The van der Waals surface area contributed by atoms with Crippen molar-refractivity contribution in [2.24, 2.45) is 0 Å². The first kappa shape index (κ1) is 13.2. The molecule has 23 heavy (non-hydrogen) atoms. The summed E-state index contributed by atoms with van der Waals surface area (Å²) in [6.45, 7) is 2.85. The molecule has 1 fully saturated rings. The first-order valence-electron chi connectivity index (χ1n) is 8.35. The lowest BCUT2D eigenvalue weighted by atomic mass is 10.1. The van der Waals surface area contributed by atoms with Gasteiger partial charge < -0.3 is 0 Å². The third kappa shape index (κ3) is 2.51. The van der Waals surface area contributed by atoms with Crippen LogP contribution in [0.2, 0.25) is 0 Å². The lowest BCUT2D eigenvalue weighted by molar-refractivity contribution is 0.239. The minimum Gasteiger partial charge on any atom is -0.293 e. The Bertz CT molecular complexity index is 832. The molecule has 0 unspecified atom stereocenters. The van der Waals surface area contributed by atoms with Gasteiger partial charge in [0.05, 0.1) is 11.2 Å². The minimum atomic E-state index is 0.635. The highest BCUT2D eigenvalue weighted by atomic mass is 15.2. The van der Waals surface area contributed by atoms with E-state index in [1.165, 1.54) is 24.1 Å². The Balaban J connectivity index is 1.34. The quantitative estimate of drug-likeness (QED) is 0.746. The highest BCUT2D eigenvalue weighted by Crippen LogP contribution is 2.38. The molecule has 0 N–H and O–H groups in total. The lowest BCUT2D eigenvalue weighted by Gasteiger charge is -2.27. The lowest BCUT2D eigenvalue weighted by Crippen LogP contribution is -2.31. The molecule has 0 bridgehead atoms. The van der Waals surface area contributed by atoms with Crippen molar-refractivity contribution in [3.63, 3.8) is 0 Å². The Hall–Kier alpha value is -2.27. The fourth-order valence-electron chi connectivity index (χ4n) is 3.36. The van der Waals surface area contributed by atoms with Crippen LogP contribution in [0, 0.1) is 0 Å². The molecule has 1 aliphatic carbocycles. The third-order valence-corrected chi connectivity index (χ3v) is 4.78. The number of nitrogens with zero attached hydrogens (tertiary/aromatic N) is 5. The summed E-state index contributed by atoms with van der Waals surface area (Å²) in [7, 11) is 0. The summed E-state index contributed by atoms with van der Waals surface area (Å²) in [5, 5.41) is 4.65. The number of fused-ring (bicyclic) bond motifs is 2. The Morgan fingerprint density at radius 3 is 3.04 bits per heavy atom. The zero-order valence-electron chi connectivity index (χ0n) is 13.0. The van der Waals surface area contributed by atoms with Crippen molar-refractivity contribution in [3.8, 4) is 0 Å². The maximum absolute atomic E-state index is 4.79. The number of aromatic nitrogens is 4. The van der Waals surface area contributed by atoms with Crippen molar-refractivity contribution in [1.82, 2.24) is 24.5 Å². The van der Waals surface area contributed by atoms with Crippen LogP contribution in [-0.4, -0.2) is 31.0 Å². The van der Waals surface area contributed by atoms with Gasteiger partial charge in [-0.1, -0.05) is 6.07 Å². The normalized spacial score (nSPS) is 18.3. The first-order valence-corrected chi connectivity index (χ1v) is 8.35. The summed E-state index contributed by atoms with van der Waals surface area (Å²) in [5.41, 5.74) is 4.81. The van der Waals surface area contributed by atoms with Crippen LogP contribution in [0.4, 0.5) is 0 Å². The predicted octanol–water partition coefficient (Wildman–Crippen LogP) is 2.56. The van der Waals surface area contributed by atoms with Crippen LogP contribution in [-0.2, 0) is 19.5 Å². The number of rotatable bonds is 3. The largest absolute Gasteiger partial charge is 0.293 e. The van der Waals surface area contributed by atoms with Gasteiger partial charge in [-0.25, -0.2) is 14.5 Å². The van der Waals surface area contributed by atoms with Crippen LogP contribution >= 0.6 is 0 Å². The van der Waals surface area contributed by atoms with Crippen LogP contribution in [0.15, 0.2) is 36.7 Å². The molecule has 0 radical (unpaired) electrons. The molecule has 1 saturated carbocycles. The molecule has 0 atom stereocenters. The summed E-state index contributed by atoms with van der Waals surface area (Å²) < 4.78 is 1.94. The molecule has 0 saturated heterocycles. The van der Waals surface area contributed by atoms with E-state index in [0.717, 1.165) is 43.1 Å². The SMILES string of the molecule is c1ccn2nc(CN3CCc4nc(C5CC5)ncc4C3)cc2c1.